The minimum absolute atomic E-state index is 0.179. The number of hydrazine groups is 1. The standard InChI is InChI=1S/C18H21BrN2/c19-16-9-4-6-14(12-16)13-17(21-20)18(10-5-11-18)15-7-2-1-3-8-15/h1-4,6-9,12,17,21H,5,10-11,13,20H2. The van der Waals surface area contributed by atoms with E-state index in [1.54, 1.807) is 0 Å². The summed E-state index contributed by atoms with van der Waals surface area (Å²) in [6.45, 7) is 0. The van der Waals surface area contributed by atoms with Gasteiger partial charge in [-0.25, -0.2) is 0 Å². The van der Waals surface area contributed by atoms with Gasteiger partial charge in [-0.15, -0.1) is 0 Å². The van der Waals surface area contributed by atoms with Crippen molar-refractivity contribution in [3.63, 3.8) is 0 Å². The van der Waals surface area contributed by atoms with Crippen LogP contribution in [-0.2, 0) is 11.8 Å². The quantitative estimate of drug-likeness (QED) is 0.636. The smallest absolute Gasteiger partial charge is 0.0347 e. The minimum Gasteiger partial charge on any atom is -0.271 e. The van der Waals surface area contributed by atoms with Gasteiger partial charge in [0.2, 0.25) is 0 Å². The maximum atomic E-state index is 5.93. The van der Waals surface area contributed by atoms with E-state index in [4.69, 9.17) is 5.84 Å². The van der Waals surface area contributed by atoms with Crippen LogP contribution in [0.25, 0.3) is 0 Å². The van der Waals surface area contributed by atoms with Crippen LogP contribution < -0.4 is 11.3 Å². The van der Waals surface area contributed by atoms with Gasteiger partial charge in [-0.3, -0.25) is 11.3 Å². The van der Waals surface area contributed by atoms with Crippen LogP contribution in [0.15, 0.2) is 59.1 Å². The highest BCUT2D eigenvalue weighted by atomic mass is 79.9. The fraction of sp³-hybridized carbons (Fsp3) is 0.333. The number of hydrogen-bond donors (Lipinski definition) is 2. The summed E-state index contributed by atoms with van der Waals surface area (Å²) in [7, 11) is 0. The van der Waals surface area contributed by atoms with Crippen LogP contribution in [0.1, 0.15) is 30.4 Å². The van der Waals surface area contributed by atoms with Crippen molar-refractivity contribution >= 4 is 15.9 Å². The van der Waals surface area contributed by atoms with Crippen molar-refractivity contribution in [3.05, 3.63) is 70.2 Å². The molecule has 0 saturated heterocycles. The zero-order valence-corrected chi connectivity index (χ0v) is 13.6. The Hall–Kier alpha value is -1.16. The molecule has 2 nitrogen and oxygen atoms in total. The first-order valence-electron chi connectivity index (χ1n) is 7.51. The number of nitrogens with two attached hydrogens (primary N) is 1. The lowest BCUT2D eigenvalue weighted by molar-refractivity contribution is 0.168. The summed E-state index contributed by atoms with van der Waals surface area (Å²) in [5.74, 6) is 5.93. The molecule has 1 aliphatic rings. The molecule has 0 aliphatic heterocycles. The van der Waals surface area contributed by atoms with Crippen LogP contribution in [-0.4, -0.2) is 6.04 Å². The Bertz CT molecular complexity index is 593. The van der Waals surface area contributed by atoms with E-state index in [-0.39, 0.29) is 11.5 Å². The van der Waals surface area contributed by atoms with Crippen LogP contribution in [0.5, 0.6) is 0 Å². The fourth-order valence-corrected chi connectivity index (χ4v) is 3.93. The van der Waals surface area contributed by atoms with E-state index in [9.17, 15) is 0 Å². The largest absolute Gasteiger partial charge is 0.271 e. The average Bonchev–Trinajstić information content (AvgIpc) is 2.46. The van der Waals surface area contributed by atoms with Gasteiger partial charge in [0.05, 0.1) is 0 Å². The molecule has 2 aromatic rings. The third kappa shape index (κ3) is 2.91. The minimum atomic E-state index is 0.179. The molecule has 0 heterocycles. The van der Waals surface area contributed by atoms with Crippen molar-refractivity contribution < 1.29 is 0 Å². The van der Waals surface area contributed by atoms with E-state index < -0.39 is 0 Å². The molecule has 110 valence electrons. The Morgan fingerprint density at radius 3 is 2.43 bits per heavy atom. The highest BCUT2D eigenvalue weighted by Gasteiger charge is 2.44. The molecule has 1 unspecified atom stereocenters. The van der Waals surface area contributed by atoms with E-state index in [0.29, 0.717) is 0 Å². The van der Waals surface area contributed by atoms with Crippen LogP contribution in [0, 0.1) is 0 Å². The molecule has 1 fully saturated rings. The fourth-order valence-electron chi connectivity index (χ4n) is 3.48. The van der Waals surface area contributed by atoms with Gasteiger partial charge in [0, 0.05) is 15.9 Å². The van der Waals surface area contributed by atoms with Crippen molar-refractivity contribution in [3.8, 4) is 0 Å². The number of rotatable bonds is 5. The molecule has 3 heteroatoms. The molecule has 3 rings (SSSR count). The predicted molar refractivity (Wildman–Crippen MR) is 90.9 cm³/mol. The van der Waals surface area contributed by atoms with Gasteiger partial charge in [0.15, 0.2) is 0 Å². The Morgan fingerprint density at radius 2 is 1.86 bits per heavy atom. The van der Waals surface area contributed by atoms with E-state index in [2.05, 4.69) is 76.0 Å². The molecule has 0 aromatic heterocycles. The molecule has 1 saturated carbocycles. The monoisotopic (exact) mass is 344 g/mol. The summed E-state index contributed by atoms with van der Waals surface area (Å²) in [5, 5.41) is 0. The average molecular weight is 345 g/mol. The van der Waals surface area contributed by atoms with Gasteiger partial charge in [0.1, 0.15) is 0 Å². The van der Waals surface area contributed by atoms with Crippen molar-refractivity contribution in [1.82, 2.24) is 5.43 Å². The molecule has 1 aliphatic carbocycles. The molecule has 0 radical (unpaired) electrons. The van der Waals surface area contributed by atoms with E-state index in [0.717, 1.165) is 10.9 Å². The van der Waals surface area contributed by atoms with Crippen LogP contribution >= 0.6 is 15.9 Å². The van der Waals surface area contributed by atoms with Crippen LogP contribution in [0.3, 0.4) is 0 Å². The van der Waals surface area contributed by atoms with Gasteiger partial charge in [-0.1, -0.05) is 64.8 Å². The summed E-state index contributed by atoms with van der Waals surface area (Å²) in [6, 6.07) is 19.6. The summed E-state index contributed by atoms with van der Waals surface area (Å²) < 4.78 is 1.12. The van der Waals surface area contributed by atoms with Gasteiger partial charge in [0.25, 0.3) is 0 Å². The normalized spacial score (nSPS) is 18.0. The first-order chi connectivity index (χ1) is 10.2. The van der Waals surface area contributed by atoms with Gasteiger partial charge >= 0.3 is 0 Å². The molecular formula is C18H21BrN2. The van der Waals surface area contributed by atoms with Crippen molar-refractivity contribution in [2.75, 3.05) is 0 Å². The third-order valence-corrected chi connectivity index (χ3v) is 5.28. The molecular weight excluding hydrogens is 324 g/mol. The Morgan fingerprint density at radius 1 is 1.10 bits per heavy atom. The van der Waals surface area contributed by atoms with Crippen molar-refractivity contribution in [2.24, 2.45) is 5.84 Å². The van der Waals surface area contributed by atoms with E-state index in [1.807, 2.05) is 0 Å². The molecule has 0 spiro atoms. The van der Waals surface area contributed by atoms with Crippen LogP contribution in [0.4, 0.5) is 0 Å². The summed E-state index contributed by atoms with van der Waals surface area (Å²) in [4.78, 5) is 0. The number of hydrogen-bond acceptors (Lipinski definition) is 2. The number of benzene rings is 2. The van der Waals surface area contributed by atoms with Crippen LogP contribution in [0.2, 0.25) is 0 Å². The molecule has 0 amide bonds. The SMILES string of the molecule is NNC(Cc1cccc(Br)c1)C1(c2ccccc2)CCC1. The lowest BCUT2D eigenvalue weighted by Crippen LogP contribution is -2.56. The molecule has 3 N–H and O–H groups in total. The van der Waals surface area contributed by atoms with Gasteiger partial charge < -0.3 is 0 Å². The number of halogens is 1. The first-order valence-corrected chi connectivity index (χ1v) is 8.30. The Kier molecular flexibility index (Phi) is 4.43. The zero-order valence-electron chi connectivity index (χ0n) is 12.1. The zero-order chi connectivity index (χ0) is 14.7. The maximum Gasteiger partial charge on any atom is 0.0347 e. The second-order valence-corrected chi connectivity index (χ2v) is 6.84. The predicted octanol–water partition coefficient (Wildman–Crippen LogP) is 3.95. The topological polar surface area (TPSA) is 38.0 Å². The molecule has 21 heavy (non-hydrogen) atoms. The van der Waals surface area contributed by atoms with Crippen molar-refractivity contribution in [1.29, 1.82) is 0 Å². The van der Waals surface area contributed by atoms with Crippen molar-refractivity contribution in [2.45, 2.75) is 37.1 Å². The molecule has 2 aromatic carbocycles. The lowest BCUT2D eigenvalue weighted by Gasteiger charge is -2.48. The van der Waals surface area contributed by atoms with Gasteiger partial charge in [-0.05, 0) is 42.5 Å². The molecule has 0 bridgehead atoms. The summed E-state index contributed by atoms with van der Waals surface area (Å²) in [5.41, 5.74) is 6.00. The second kappa shape index (κ2) is 6.30. The Balaban J connectivity index is 1.87. The second-order valence-electron chi connectivity index (χ2n) is 5.93. The summed E-state index contributed by atoms with van der Waals surface area (Å²) >= 11 is 3.55. The van der Waals surface area contributed by atoms with E-state index in [1.165, 1.54) is 30.4 Å². The van der Waals surface area contributed by atoms with Gasteiger partial charge in [-0.2, -0.15) is 0 Å². The highest BCUT2D eigenvalue weighted by molar-refractivity contribution is 9.10. The van der Waals surface area contributed by atoms with E-state index >= 15 is 0 Å². The lowest BCUT2D eigenvalue weighted by atomic mass is 9.59. The summed E-state index contributed by atoms with van der Waals surface area (Å²) in [6.07, 6.45) is 4.65. The number of nitrogens with one attached hydrogen (secondary N) is 1. The third-order valence-electron chi connectivity index (χ3n) is 4.79. The molecule has 1 atom stereocenters. The first kappa shape index (κ1) is 14.8. The maximum absolute atomic E-state index is 5.93. The Labute approximate surface area is 134 Å². The highest BCUT2D eigenvalue weighted by Crippen LogP contribution is 2.47.